The molecule has 0 amide bonds. The summed E-state index contributed by atoms with van der Waals surface area (Å²) < 4.78 is 0. The Morgan fingerprint density at radius 2 is 2.31 bits per heavy atom. The normalized spacial score (nSPS) is 27.8. The minimum Gasteiger partial charge on any atom is -0.391 e. The standard InChI is InChI=1S/C10H12ClNO/c11-8-3-1-2-7(6-8)10-9(13)4-5-12-10/h1-3,6,9-10,12-13H,4-5H2/t9-,10-/m1/s1. The molecule has 0 bridgehead atoms. The zero-order valence-corrected chi connectivity index (χ0v) is 7.96. The summed E-state index contributed by atoms with van der Waals surface area (Å²) in [5.41, 5.74) is 1.07. The Morgan fingerprint density at radius 3 is 2.92 bits per heavy atom. The summed E-state index contributed by atoms with van der Waals surface area (Å²) in [6.45, 7) is 0.873. The fraction of sp³-hybridized carbons (Fsp3) is 0.400. The van der Waals surface area contributed by atoms with Gasteiger partial charge < -0.3 is 10.4 Å². The van der Waals surface area contributed by atoms with Crippen LogP contribution in [0.2, 0.25) is 5.02 Å². The van der Waals surface area contributed by atoms with Crippen LogP contribution in [0.3, 0.4) is 0 Å². The van der Waals surface area contributed by atoms with Gasteiger partial charge in [0.05, 0.1) is 12.1 Å². The lowest BCUT2D eigenvalue weighted by molar-refractivity contribution is 0.160. The van der Waals surface area contributed by atoms with Crippen molar-refractivity contribution in [1.29, 1.82) is 0 Å². The molecule has 70 valence electrons. The second-order valence-electron chi connectivity index (χ2n) is 3.34. The predicted molar refractivity (Wildman–Crippen MR) is 52.8 cm³/mol. The number of rotatable bonds is 1. The third kappa shape index (κ3) is 1.85. The van der Waals surface area contributed by atoms with Crippen molar-refractivity contribution in [3.8, 4) is 0 Å². The molecule has 13 heavy (non-hydrogen) atoms. The van der Waals surface area contributed by atoms with Crippen LogP contribution in [0.5, 0.6) is 0 Å². The van der Waals surface area contributed by atoms with Gasteiger partial charge in [-0.05, 0) is 30.7 Å². The van der Waals surface area contributed by atoms with Crippen molar-refractivity contribution >= 4 is 11.6 Å². The Labute approximate surface area is 82.5 Å². The summed E-state index contributed by atoms with van der Waals surface area (Å²) in [7, 11) is 0. The van der Waals surface area contributed by atoms with Gasteiger partial charge in [0.2, 0.25) is 0 Å². The second-order valence-corrected chi connectivity index (χ2v) is 3.78. The topological polar surface area (TPSA) is 32.3 Å². The van der Waals surface area contributed by atoms with Gasteiger partial charge in [-0.2, -0.15) is 0 Å². The second kappa shape index (κ2) is 3.66. The first-order valence-corrected chi connectivity index (χ1v) is 4.82. The number of nitrogens with one attached hydrogen (secondary N) is 1. The molecule has 1 aliphatic heterocycles. The number of hydrogen-bond donors (Lipinski definition) is 2. The SMILES string of the molecule is O[C@@H]1CCN[C@@H]1c1cccc(Cl)c1. The summed E-state index contributed by atoms with van der Waals surface area (Å²) in [6.07, 6.45) is 0.537. The van der Waals surface area contributed by atoms with Crippen molar-refractivity contribution in [3.05, 3.63) is 34.9 Å². The van der Waals surface area contributed by atoms with Crippen LogP contribution in [0, 0.1) is 0 Å². The van der Waals surface area contributed by atoms with E-state index >= 15 is 0 Å². The number of halogens is 1. The average Bonchev–Trinajstić information content (AvgIpc) is 2.51. The van der Waals surface area contributed by atoms with Gasteiger partial charge in [0.25, 0.3) is 0 Å². The summed E-state index contributed by atoms with van der Waals surface area (Å²) in [4.78, 5) is 0. The van der Waals surface area contributed by atoms with E-state index in [4.69, 9.17) is 11.6 Å². The van der Waals surface area contributed by atoms with Crippen molar-refractivity contribution < 1.29 is 5.11 Å². The van der Waals surface area contributed by atoms with Crippen LogP contribution in [0.25, 0.3) is 0 Å². The lowest BCUT2D eigenvalue weighted by Crippen LogP contribution is -2.20. The van der Waals surface area contributed by atoms with Gasteiger partial charge in [0.15, 0.2) is 0 Å². The van der Waals surface area contributed by atoms with Gasteiger partial charge in [-0.3, -0.25) is 0 Å². The van der Waals surface area contributed by atoms with Crippen molar-refractivity contribution in [2.45, 2.75) is 18.6 Å². The van der Waals surface area contributed by atoms with Crippen LogP contribution in [-0.4, -0.2) is 17.8 Å². The average molecular weight is 198 g/mol. The van der Waals surface area contributed by atoms with Crippen molar-refractivity contribution in [3.63, 3.8) is 0 Å². The Balaban J connectivity index is 2.24. The molecule has 1 fully saturated rings. The number of hydrogen-bond acceptors (Lipinski definition) is 2. The monoisotopic (exact) mass is 197 g/mol. The predicted octanol–water partition coefficient (Wildman–Crippen LogP) is 1.74. The first-order chi connectivity index (χ1) is 6.27. The molecule has 2 rings (SSSR count). The van der Waals surface area contributed by atoms with Crippen LogP contribution in [0.4, 0.5) is 0 Å². The highest BCUT2D eigenvalue weighted by atomic mass is 35.5. The number of aliphatic hydroxyl groups excluding tert-OH is 1. The van der Waals surface area contributed by atoms with E-state index in [1.54, 1.807) is 0 Å². The van der Waals surface area contributed by atoms with E-state index in [0.29, 0.717) is 0 Å². The minimum atomic E-state index is -0.279. The van der Waals surface area contributed by atoms with Crippen LogP contribution >= 0.6 is 11.6 Å². The van der Waals surface area contributed by atoms with Crippen molar-refractivity contribution in [1.82, 2.24) is 5.32 Å². The maximum Gasteiger partial charge on any atom is 0.0747 e. The molecule has 0 unspecified atom stereocenters. The van der Waals surface area contributed by atoms with E-state index in [2.05, 4.69) is 5.32 Å². The van der Waals surface area contributed by atoms with Crippen molar-refractivity contribution in [2.75, 3.05) is 6.54 Å². The molecule has 3 heteroatoms. The zero-order chi connectivity index (χ0) is 9.26. The molecule has 1 aromatic rings. The molecule has 2 N–H and O–H groups in total. The van der Waals surface area contributed by atoms with Gasteiger partial charge in [-0.25, -0.2) is 0 Å². The minimum absolute atomic E-state index is 0.0544. The van der Waals surface area contributed by atoms with E-state index < -0.39 is 0 Å². The summed E-state index contributed by atoms with van der Waals surface area (Å²) in [6, 6.07) is 7.68. The third-order valence-corrected chi connectivity index (χ3v) is 2.63. The number of benzene rings is 1. The molecule has 0 radical (unpaired) electrons. The third-order valence-electron chi connectivity index (χ3n) is 2.40. The molecule has 0 aromatic heterocycles. The molecule has 2 atom stereocenters. The molecular formula is C10H12ClNO. The van der Waals surface area contributed by atoms with Gasteiger partial charge in [0.1, 0.15) is 0 Å². The van der Waals surface area contributed by atoms with Crippen LogP contribution in [0.1, 0.15) is 18.0 Å². The highest BCUT2D eigenvalue weighted by Gasteiger charge is 2.25. The summed E-state index contributed by atoms with van der Waals surface area (Å²) in [5.74, 6) is 0. The van der Waals surface area contributed by atoms with E-state index in [0.717, 1.165) is 23.6 Å². The van der Waals surface area contributed by atoms with Gasteiger partial charge in [-0.1, -0.05) is 23.7 Å². The summed E-state index contributed by atoms with van der Waals surface area (Å²) >= 11 is 5.86. The highest BCUT2D eigenvalue weighted by molar-refractivity contribution is 6.30. The van der Waals surface area contributed by atoms with Crippen molar-refractivity contribution in [2.24, 2.45) is 0 Å². The largest absolute Gasteiger partial charge is 0.391 e. The maximum atomic E-state index is 9.63. The molecule has 1 heterocycles. The first kappa shape index (κ1) is 9.00. The Kier molecular flexibility index (Phi) is 2.54. The summed E-state index contributed by atoms with van der Waals surface area (Å²) in [5, 5.41) is 13.6. The van der Waals surface area contributed by atoms with Crippen LogP contribution in [-0.2, 0) is 0 Å². The molecule has 1 aromatic carbocycles. The molecule has 1 aliphatic rings. The molecular weight excluding hydrogens is 186 g/mol. The van der Waals surface area contributed by atoms with Gasteiger partial charge in [0, 0.05) is 5.02 Å². The highest BCUT2D eigenvalue weighted by Crippen LogP contribution is 2.25. The quantitative estimate of drug-likeness (QED) is 0.719. The maximum absolute atomic E-state index is 9.63. The Bertz CT molecular complexity index is 303. The molecule has 2 nitrogen and oxygen atoms in total. The molecule has 1 saturated heterocycles. The lowest BCUT2D eigenvalue weighted by atomic mass is 10.0. The van der Waals surface area contributed by atoms with Gasteiger partial charge >= 0.3 is 0 Å². The van der Waals surface area contributed by atoms with E-state index in [1.807, 2.05) is 24.3 Å². The van der Waals surface area contributed by atoms with E-state index in [-0.39, 0.29) is 12.1 Å². The molecule has 0 saturated carbocycles. The smallest absolute Gasteiger partial charge is 0.0747 e. The van der Waals surface area contributed by atoms with E-state index in [1.165, 1.54) is 0 Å². The lowest BCUT2D eigenvalue weighted by Gasteiger charge is -2.14. The Morgan fingerprint density at radius 1 is 1.46 bits per heavy atom. The number of aliphatic hydroxyl groups is 1. The van der Waals surface area contributed by atoms with Gasteiger partial charge in [-0.15, -0.1) is 0 Å². The Hall–Kier alpha value is -0.570. The van der Waals surface area contributed by atoms with E-state index in [9.17, 15) is 5.11 Å². The van der Waals surface area contributed by atoms with Crippen LogP contribution in [0.15, 0.2) is 24.3 Å². The first-order valence-electron chi connectivity index (χ1n) is 4.44. The fourth-order valence-electron chi connectivity index (χ4n) is 1.73. The zero-order valence-electron chi connectivity index (χ0n) is 7.20. The molecule has 0 aliphatic carbocycles. The fourth-order valence-corrected chi connectivity index (χ4v) is 1.93. The van der Waals surface area contributed by atoms with Crippen LogP contribution < -0.4 is 5.32 Å². The molecule has 0 spiro atoms.